The molecule has 1 aliphatic rings. The molecule has 0 radical (unpaired) electrons. The quantitative estimate of drug-likeness (QED) is 0.227. The van der Waals surface area contributed by atoms with E-state index in [-0.39, 0.29) is 47.2 Å². The van der Waals surface area contributed by atoms with Crippen LogP contribution in [0.15, 0.2) is 64.6 Å². The first-order valence-electron chi connectivity index (χ1n) is 13.3. The van der Waals surface area contributed by atoms with Gasteiger partial charge in [0.1, 0.15) is 34.4 Å². The summed E-state index contributed by atoms with van der Waals surface area (Å²) in [5.41, 5.74) is 6.31. The average Bonchev–Trinajstić information content (AvgIpc) is 3.35. The van der Waals surface area contributed by atoms with Gasteiger partial charge in [-0.1, -0.05) is 12.1 Å². The van der Waals surface area contributed by atoms with Gasteiger partial charge in [0, 0.05) is 41.7 Å². The third-order valence-electron chi connectivity index (χ3n) is 7.37. The molecule has 0 unspecified atom stereocenters. The largest absolute Gasteiger partial charge is 0.488 e. The number of carbonyl (C=O) groups excluding carboxylic acids is 1. The van der Waals surface area contributed by atoms with Crippen molar-refractivity contribution in [2.24, 2.45) is 0 Å². The van der Waals surface area contributed by atoms with Gasteiger partial charge in [0.05, 0.1) is 12.2 Å². The highest BCUT2D eigenvalue weighted by Crippen LogP contribution is 2.41. The number of nitrogen functional groups attached to an aromatic ring is 1. The zero-order valence-corrected chi connectivity index (χ0v) is 22.6. The number of ether oxygens (including phenoxy) is 1. The highest BCUT2D eigenvalue weighted by atomic mass is 19.4. The van der Waals surface area contributed by atoms with E-state index in [0.29, 0.717) is 29.6 Å². The van der Waals surface area contributed by atoms with Crippen LogP contribution in [0.5, 0.6) is 5.75 Å². The van der Waals surface area contributed by atoms with Crippen LogP contribution in [0.2, 0.25) is 0 Å². The van der Waals surface area contributed by atoms with Gasteiger partial charge in [-0.15, -0.1) is 0 Å². The monoisotopic (exact) mass is 591 g/mol. The molecule has 43 heavy (non-hydrogen) atoms. The number of rotatable bonds is 8. The number of halogens is 3. The number of nitrogens with zero attached hydrogens (tertiary/aromatic N) is 4. The molecule has 2 aromatic carbocycles. The Hall–Kier alpha value is -5.27. The van der Waals surface area contributed by atoms with E-state index in [1.807, 2.05) is 4.40 Å². The Kier molecular flexibility index (Phi) is 6.83. The van der Waals surface area contributed by atoms with E-state index >= 15 is 0 Å². The molecule has 0 spiro atoms. The predicted octanol–water partition coefficient (Wildman–Crippen LogP) is 4.00. The van der Waals surface area contributed by atoms with Crippen LogP contribution in [0.25, 0.3) is 16.8 Å². The normalized spacial score (nSPS) is 16.7. The number of pyridine rings is 1. The summed E-state index contributed by atoms with van der Waals surface area (Å²) >= 11 is 0. The van der Waals surface area contributed by atoms with Gasteiger partial charge in [-0.05, 0) is 44.0 Å². The van der Waals surface area contributed by atoms with Gasteiger partial charge in [0.2, 0.25) is 0 Å². The minimum absolute atomic E-state index is 0.0209. The Balaban J connectivity index is 1.21. The third kappa shape index (κ3) is 5.04. The number of imidazole rings is 1. The number of nitrogens with one attached hydrogen (secondary N) is 2. The average molecular weight is 592 g/mol. The Bertz CT molecular complexity index is 1920. The molecule has 3 heterocycles. The van der Waals surface area contributed by atoms with Crippen LogP contribution in [-0.2, 0) is 6.18 Å². The highest BCUT2D eigenvalue weighted by Gasteiger charge is 2.37. The van der Waals surface area contributed by atoms with E-state index in [0.717, 1.165) is 24.2 Å². The van der Waals surface area contributed by atoms with Gasteiger partial charge in [-0.3, -0.25) is 18.8 Å². The minimum atomic E-state index is -4.56. The SMILES string of the molecule is CCOc1c(NC2CC(c3nc(-c4ccc(C(=O)Nc5cc(C(F)(F)F)ccn5)cc4)c4c(N)nccn34)C2)c(=O)c1=O. The molecule has 0 saturated heterocycles. The number of nitrogens with two attached hydrogens (primary N) is 1. The maximum Gasteiger partial charge on any atom is 0.416 e. The van der Waals surface area contributed by atoms with Crippen molar-refractivity contribution in [3.05, 3.63) is 92.4 Å². The Labute approximate surface area is 241 Å². The second-order valence-electron chi connectivity index (χ2n) is 10.1. The molecule has 1 amide bonds. The van der Waals surface area contributed by atoms with Crippen molar-refractivity contribution in [2.45, 2.75) is 37.9 Å². The first kappa shape index (κ1) is 27.9. The van der Waals surface area contributed by atoms with Crippen LogP contribution in [0, 0.1) is 0 Å². The number of fused-ring (bicyclic) bond motifs is 1. The lowest BCUT2D eigenvalue weighted by Gasteiger charge is -2.36. The number of anilines is 3. The first-order chi connectivity index (χ1) is 20.5. The maximum atomic E-state index is 13.0. The lowest BCUT2D eigenvalue weighted by atomic mass is 9.79. The molecular weight excluding hydrogens is 567 g/mol. The van der Waals surface area contributed by atoms with Gasteiger partial charge >= 0.3 is 6.18 Å². The van der Waals surface area contributed by atoms with E-state index in [2.05, 4.69) is 20.6 Å². The van der Waals surface area contributed by atoms with Gasteiger partial charge in [0.15, 0.2) is 5.75 Å². The Morgan fingerprint density at radius 2 is 1.84 bits per heavy atom. The molecular formula is C29H24F3N7O4. The number of carbonyl (C=O) groups is 1. The fraction of sp³-hybridized carbons (Fsp3) is 0.241. The van der Waals surface area contributed by atoms with Gasteiger partial charge in [0.25, 0.3) is 16.8 Å². The van der Waals surface area contributed by atoms with E-state index < -0.39 is 28.5 Å². The fourth-order valence-corrected chi connectivity index (χ4v) is 5.15. The van der Waals surface area contributed by atoms with Crippen molar-refractivity contribution in [2.75, 3.05) is 23.0 Å². The summed E-state index contributed by atoms with van der Waals surface area (Å²) in [6.07, 6.45) is 1.03. The Morgan fingerprint density at radius 1 is 1.09 bits per heavy atom. The third-order valence-corrected chi connectivity index (χ3v) is 7.37. The summed E-state index contributed by atoms with van der Waals surface area (Å²) in [5.74, 6) is 0.244. The maximum absolute atomic E-state index is 13.0. The lowest BCUT2D eigenvalue weighted by molar-refractivity contribution is -0.137. The van der Waals surface area contributed by atoms with Gasteiger partial charge < -0.3 is 21.1 Å². The number of alkyl halides is 3. The summed E-state index contributed by atoms with van der Waals surface area (Å²) < 4.78 is 46.2. The van der Waals surface area contributed by atoms with Crippen LogP contribution in [0.1, 0.15) is 47.4 Å². The molecule has 3 aromatic heterocycles. The zero-order valence-electron chi connectivity index (χ0n) is 22.6. The standard InChI is InChI=1S/C29H24F3N7O4/c1-2-43-25-21(23(40)24(25)41)36-18-11-16(12-18)27-38-20(22-26(33)35-9-10-39(22)27)14-3-5-15(6-4-14)28(42)37-19-13-17(7-8-34-19)29(30,31)32/h3-10,13,16,18,36H,2,11-12H2,1H3,(H2,33,35)(H,34,37,42). The lowest BCUT2D eigenvalue weighted by Crippen LogP contribution is -2.42. The van der Waals surface area contributed by atoms with E-state index in [9.17, 15) is 27.6 Å². The van der Waals surface area contributed by atoms with Crippen molar-refractivity contribution in [3.63, 3.8) is 0 Å². The molecule has 5 aromatic rings. The number of amides is 1. The molecule has 4 N–H and O–H groups in total. The Morgan fingerprint density at radius 3 is 2.53 bits per heavy atom. The smallest absolute Gasteiger partial charge is 0.416 e. The van der Waals surface area contributed by atoms with E-state index in [1.165, 1.54) is 12.1 Å². The zero-order chi connectivity index (χ0) is 30.5. The van der Waals surface area contributed by atoms with Crippen molar-refractivity contribution >= 4 is 28.7 Å². The van der Waals surface area contributed by atoms with Crippen molar-refractivity contribution < 1.29 is 22.7 Å². The van der Waals surface area contributed by atoms with Crippen molar-refractivity contribution in [3.8, 4) is 17.0 Å². The highest BCUT2D eigenvalue weighted by molar-refractivity contribution is 6.04. The van der Waals surface area contributed by atoms with Gasteiger partial charge in [-0.25, -0.2) is 15.0 Å². The fourth-order valence-electron chi connectivity index (χ4n) is 5.15. The van der Waals surface area contributed by atoms with Crippen LogP contribution in [0.3, 0.4) is 0 Å². The molecule has 11 nitrogen and oxygen atoms in total. The van der Waals surface area contributed by atoms with E-state index in [4.69, 9.17) is 15.5 Å². The summed E-state index contributed by atoms with van der Waals surface area (Å²) in [6, 6.07) is 7.92. The minimum Gasteiger partial charge on any atom is -0.488 e. The molecule has 1 aliphatic carbocycles. The van der Waals surface area contributed by atoms with Crippen LogP contribution < -0.4 is 32.0 Å². The van der Waals surface area contributed by atoms with E-state index in [1.54, 1.807) is 31.5 Å². The number of hydrogen-bond acceptors (Lipinski definition) is 9. The second-order valence-corrected chi connectivity index (χ2v) is 10.1. The molecule has 14 heteroatoms. The van der Waals surface area contributed by atoms with Crippen LogP contribution >= 0.6 is 0 Å². The molecule has 220 valence electrons. The number of hydrogen-bond donors (Lipinski definition) is 3. The first-order valence-corrected chi connectivity index (χ1v) is 13.3. The number of benzene rings is 1. The molecule has 6 rings (SSSR count). The molecule has 1 saturated carbocycles. The number of aromatic nitrogens is 4. The predicted molar refractivity (Wildman–Crippen MR) is 152 cm³/mol. The summed E-state index contributed by atoms with van der Waals surface area (Å²) in [5, 5.41) is 5.51. The van der Waals surface area contributed by atoms with Crippen molar-refractivity contribution in [1.29, 1.82) is 0 Å². The molecule has 0 aliphatic heterocycles. The van der Waals surface area contributed by atoms with Crippen molar-refractivity contribution in [1.82, 2.24) is 19.4 Å². The summed E-state index contributed by atoms with van der Waals surface area (Å²) in [4.78, 5) is 49.4. The molecule has 0 atom stereocenters. The molecule has 1 fully saturated rings. The topological polar surface area (TPSA) is 154 Å². The van der Waals surface area contributed by atoms with Crippen LogP contribution in [-0.4, -0.2) is 37.9 Å². The second kappa shape index (κ2) is 10.5. The summed E-state index contributed by atoms with van der Waals surface area (Å²) in [7, 11) is 0. The van der Waals surface area contributed by atoms with Crippen LogP contribution in [0.4, 0.5) is 30.5 Å². The van der Waals surface area contributed by atoms with Gasteiger partial charge in [-0.2, -0.15) is 13.2 Å². The molecule has 0 bridgehead atoms. The summed E-state index contributed by atoms with van der Waals surface area (Å²) in [6.45, 7) is 2.02.